The molecule has 14 heavy (non-hydrogen) atoms. The van der Waals surface area contributed by atoms with E-state index in [1.807, 2.05) is 22.6 Å². The van der Waals surface area contributed by atoms with Gasteiger partial charge in [0, 0.05) is 19.2 Å². The second-order valence-corrected chi connectivity index (χ2v) is 4.21. The molecule has 0 saturated carbocycles. The van der Waals surface area contributed by atoms with Crippen molar-refractivity contribution in [2.45, 2.75) is 26.3 Å². The van der Waals surface area contributed by atoms with Gasteiger partial charge in [0.15, 0.2) is 0 Å². The Kier molecular flexibility index (Phi) is 4.24. The Hall–Kier alpha value is -0.720. The molecule has 0 aliphatic heterocycles. The average molecular weight is 306 g/mol. The number of aryl methyl sites for hydroxylation is 1. The third-order valence-electron chi connectivity index (χ3n) is 1.79. The normalized spacial score (nSPS) is 10.1. The lowest BCUT2D eigenvalue weighted by Gasteiger charge is -2.03. The minimum atomic E-state index is -0.0378. The van der Waals surface area contributed by atoms with Gasteiger partial charge in [0.1, 0.15) is 5.78 Å². The van der Waals surface area contributed by atoms with Crippen molar-refractivity contribution in [3.05, 3.63) is 26.4 Å². The lowest BCUT2D eigenvalue weighted by atomic mass is 10.2. The fourth-order valence-electron chi connectivity index (χ4n) is 1.08. The molecule has 0 aliphatic rings. The number of carbonyl (C=O) groups is 1. The second kappa shape index (κ2) is 5.23. The number of hydrogen-bond donors (Lipinski definition) is 0. The number of Topliss-reactive ketones (excluding diaryl/α,β-unsaturated/α-hetero) is 1. The Morgan fingerprint density at radius 3 is 3.00 bits per heavy atom. The Bertz CT molecular complexity index is 387. The molecule has 0 radical (unpaired) electrons. The van der Waals surface area contributed by atoms with Gasteiger partial charge in [0.2, 0.25) is 0 Å². The van der Waals surface area contributed by atoms with E-state index in [0.29, 0.717) is 23.0 Å². The molecule has 1 rings (SSSR count). The zero-order valence-electron chi connectivity index (χ0n) is 7.86. The van der Waals surface area contributed by atoms with Gasteiger partial charge >= 0.3 is 0 Å². The lowest BCUT2D eigenvalue weighted by Crippen LogP contribution is -2.22. The number of nitrogens with zero attached hydrogens (tertiary/aromatic N) is 2. The average Bonchev–Trinajstić information content (AvgIpc) is 2.12. The van der Waals surface area contributed by atoms with Gasteiger partial charge in [-0.05, 0) is 35.9 Å². The van der Waals surface area contributed by atoms with Crippen molar-refractivity contribution in [2.24, 2.45) is 0 Å². The van der Waals surface area contributed by atoms with Gasteiger partial charge in [-0.15, -0.1) is 0 Å². The Morgan fingerprint density at radius 1 is 1.64 bits per heavy atom. The zero-order valence-corrected chi connectivity index (χ0v) is 10.0. The summed E-state index contributed by atoms with van der Waals surface area (Å²) >= 11 is 1.95. The maximum Gasteiger partial charge on any atom is 0.266 e. The summed E-state index contributed by atoms with van der Waals surface area (Å²) in [6, 6.07) is 0. The Labute approximate surface area is 95.5 Å². The van der Waals surface area contributed by atoms with E-state index in [-0.39, 0.29) is 11.3 Å². The van der Waals surface area contributed by atoms with Crippen LogP contribution in [0.2, 0.25) is 0 Å². The zero-order chi connectivity index (χ0) is 10.6. The summed E-state index contributed by atoms with van der Waals surface area (Å²) in [6.07, 6.45) is 4.24. The highest BCUT2D eigenvalue weighted by Gasteiger charge is 2.00. The van der Waals surface area contributed by atoms with Gasteiger partial charge < -0.3 is 4.79 Å². The van der Waals surface area contributed by atoms with Crippen molar-refractivity contribution < 1.29 is 4.79 Å². The predicted octanol–water partition coefficient (Wildman–Crippen LogP) is 1.22. The number of carbonyl (C=O) groups excluding carboxylic acids is 1. The van der Waals surface area contributed by atoms with Crippen LogP contribution in [0.15, 0.2) is 17.3 Å². The van der Waals surface area contributed by atoms with Crippen LogP contribution in [0.25, 0.3) is 0 Å². The molecule has 0 N–H and O–H groups in total. The van der Waals surface area contributed by atoms with Crippen molar-refractivity contribution in [3.63, 3.8) is 0 Å². The third kappa shape index (κ3) is 3.21. The summed E-state index contributed by atoms with van der Waals surface area (Å²) in [5.74, 6) is 0.150. The van der Waals surface area contributed by atoms with E-state index in [1.165, 1.54) is 17.1 Å². The maximum atomic E-state index is 11.5. The SMILES string of the molecule is CC(=O)CCCn1cncc(I)c1=O. The van der Waals surface area contributed by atoms with Gasteiger partial charge in [-0.3, -0.25) is 9.36 Å². The second-order valence-electron chi connectivity index (χ2n) is 3.05. The third-order valence-corrected chi connectivity index (χ3v) is 2.53. The molecule has 0 fully saturated rings. The topological polar surface area (TPSA) is 52.0 Å². The van der Waals surface area contributed by atoms with E-state index in [1.54, 1.807) is 6.92 Å². The van der Waals surface area contributed by atoms with Crippen molar-refractivity contribution in [3.8, 4) is 0 Å². The Morgan fingerprint density at radius 2 is 2.36 bits per heavy atom. The van der Waals surface area contributed by atoms with E-state index >= 15 is 0 Å². The fourth-order valence-corrected chi connectivity index (χ4v) is 1.55. The molecule has 0 aliphatic carbocycles. The van der Waals surface area contributed by atoms with Gasteiger partial charge in [-0.1, -0.05) is 0 Å². The number of hydrogen-bond acceptors (Lipinski definition) is 3. The molecular weight excluding hydrogens is 295 g/mol. The molecule has 0 saturated heterocycles. The smallest absolute Gasteiger partial charge is 0.266 e. The minimum absolute atomic E-state index is 0.0378. The molecule has 0 unspecified atom stereocenters. The van der Waals surface area contributed by atoms with Crippen LogP contribution in [0.3, 0.4) is 0 Å². The first-order chi connectivity index (χ1) is 6.61. The fraction of sp³-hybridized carbons (Fsp3) is 0.444. The Balaban J connectivity index is 2.64. The van der Waals surface area contributed by atoms with Crippen molar-refractivity contribution in [1.29, 1.82) is 0 Å². The van der Waals surface area contributed by atoms with Crippen LogP contribution >= 0.6 is 22.6 Å². The van der Waals surface area contributed by atoms with Gasteiger partial charge in [0.05, 0.1) is 9.90 Å². The van der Waals surface area contributed by atoms with Crippen LogP contribution in [0.4, 0.5) is 0 Å². The summed E-state index contributed by atoms with van der Waals surface area (Å²) < 4.78 is 2.14. The summed E-state index contributed by atoms with van der Waals surface area (Å²) in [6.45, 7) is 2.11. The van der Waals surface area contributed by atoms with E-state index in [9.17, 15) is 9.59 Å². The molecule has 0 atom stereocenters. The number of halogens is 1. The van der Waals surface area contributed by atoms with Crippen LogP contribution in [-0.2, 0) is 11.3 Å². The quantitative estimate of drug-likeness (QED) is 0.786. The molecule has 1 aromatic heterocycles. The standard InChI is InChI=1S/C9H11IN2O2/c1-7(13)3-2-4-12-6-11-5-8(10)9(12)14/h5-6H,2-4H2,1H3. The van der Waals surface area contributed by atoms with Crippen LogP contribution in [0.1, 0.15) is 19.8 Å². The largest absolute Gasteiger partial charge is 0.300 e. The molecular formula is C9H11IN2O2. The molecule has 0 bridgehead atoms. The first kappa shape index (κ1) is 11.4. The first-order valence-corrected chi connectivity index (χ1v) is 5.38. The number of rotatable bonds is 4. The molecule has 76 valence electrons. The molecule has 1 aromatic rings. The predicted molar refractivity (Wildman–Crippen MR) is 61.1 cm³/mol. The summed E-state index contributed by atoms with van der Waals surface area (Å²) in [5.41, 5.74) is -0.0378. The van der Waals surface area contributed by atoms with Crippen molar-refractivity contribution in [1.82, 2.24) is 9.55 Å². The molecule has 5 heteroatoms. The lowest BCUT2D eigenvalue weighted by molar-refractivity contribution is -0.117. The molecule has 0 spiro atoms. The highest BCUT2D eigenvalue weighted by atomic mass is 127. The summed E-state index contributed by atoms with van der Waals surface area (Å²) in [7, 11) is 0. The highest BCUT2D eigenvalue weighted by molar-refractivity contribution is 14.1. The van der Waals surface area contributed by atoms with Gasteiger partial charge in [-0.25, -0.2) is 4.98 Å². The molecule has 4 nitrogen and oxygen atoms in total. The van der Waals surface area contributed by atoms with Crippen LogP contribution < -0.4 is 5.56 Å². The van der Waals surface area contributed by atoms with Crippen LogP contribution in [0, 0.1) is 3.57 Å². The highest BCUT2D eigenvalue weighted by Crippen LogP contribution is 1.96. The van der Waals surface area contributed by atoms with E-state index in [2.05, 4.69) is 4.98 Å². The molecule has 0 aromatic carbocycles. The maximum absolute atomic E-state index is 11.5. The molecule has 1 heterocycles. The van der Waals surface area contributed by atoms with Gasteiger partial charge in [0.25, 0.3) is 5.56 Å². The minimum Gasteiger partial charge on any atom is -0.300 e. The summed E-state index contributed by atoms with van der Waals surface area (Å²) in [4.78, 5) is 26.1. The monoisotopic (exact) mass is 306 g/mol. The number of aromatic nitrogens is 2. The van der Waals surface area contributed by atoms with Crippen molar-refractivity contribution >= 4 is 28.4 Å². The van der Waals surface area contributed by atoms with Gasteiger partial charge in [-0.2, -0.15) is 0 Å². The summed E-state index contributed by atoms with van der Waals surface area (Å²) in [5, 5.41) is 0. The van der Waals surface area contributed by atoms with Crippen molar-refractivity contribution in [2.75, 3.05) is 0 Å². The molecule has 0 amide bonds. The van der Waals surface area contributed by atoms with E-state index in [4.69, 9.17) is 0 Å². The van der Waals surface area contributed by atoms with E-state index in [0.717, 1.165) is 0 Å². The van der Waals surface area contributed by atoms with Crippen LogP contribution in [-0.4, -0.2) is 15.3 Å². The van der Waals surface area contributed by atoms with E-state index < -0.39 is 0 Å². The number of ketones is 1. The van der Waals surface area contributed by atoms with Crippen LogP contribution in [0.5, 0.6) is 0 Å². The first-order valence-electron chi connectivity index (χ1n) is 4.30.